The largest absolute Gasteiger partial charge is 0.218 e. The van der Waals surface area contributed by atoms with Crippen molar-refractivity contribution in [3.8, 4) is 0 Å². The summed E-state index contributed by atoms with van der Waals surface area (Å²) in [4.78, 5) is 0. The molecule has 0 bridgehead atoms. The van der Waals surface area contributed by atoms with E-state index in [-0.39, 0.29) is 5.56 Å². The molecule has 5 heteroatoms. The SMILES string of the molecule is CNS(=O)(=O)C(C)c1ccccc1F. The minimum absolute atomic E-state index is 0.182. The summed E-state index contributed by atoms with van der Waals surface area (Å²) in [6.07, 6.45) is 0. The highest BCUT2D eigenvalue weighted by molar-refractivity contribution is 7.89. The zero-order valence-electron chi connectivity index (χ0n) is 7.99. The quantitative estimate of drug-likeness (QED) is 0.832. The summed E-state index contributed by atoms with van der Waals surface area (Å²) in [5.74, 6) is -0.501. The number of rotatable bonds is 3. The van der Waals surface area contributed by atoms with Crippen LogP contribution >= 0.6 is 0 Å². The molecule has 0 spiro atoms. The standard InChI is InChI=1S/C9H12FNO2S/c1-7(14(12,13)11-2)8-5-3-4-6-9(8)10/h3-7,11H,1-2H3. The molecule has 0 saturated carbocycles. The minimum atomic E-state index is -3.46. The molecule has 0 aliphatic rings. The van der Waals surface area contributed by atoms with Crippen LogP contribution in [0.1, 0.15) is 17.7 Å². The maximum atomic E-state index is 13.2. The lowest BCUT2D eigenvalue weighted by Gasteiger charge is -2.12. The number of halogens is 1. The zero-order valence-corrected chi connectivity index (χ0v) is 8.81. The predicted molar refractivity (Wildman–Crippen MR) is 52.8 cm³/mol. The van der Waals surface area contributed by atoms with Crippen LogP contribution < -0.4 is 4.72 Å². The first-order chi connectivity index (χ1) is 6.49. The van der Waals surface area contributed by atoms with Gasteiger partial charge in [-0.05, 0) is 20.0 Å². The molecule has 1 N–H and O–H groups in total. The fourth-order valence-corrected chi connectivity index (χ4v) is 2.03. The molecule has 0 amide bonds. The van der Waals surface area contributed by atoms with Gasteiger partial charge in [-0.3, -0.25) is 0 Å². The van der Waals surface area contributed by atoms with Gasteiger partial charge in [0.1, 0.15) is 11.1 Å². The molecule has 1 atom stereocenters. The molecule has 1 aromatic carbocycles. The summed E-state index contributed by atoms with van der Waals surface area (Å²) in [5, 5.41) is -0.881. The van der Waals surface area contributed by atoms with Crippen molar-refractivity contribution in [2.45, 2.75) is 12.2 Å². The van der Waals surface area contributed by atoms with Crippen molar-refractivity contribution in [2.75, 3.05) is 7.05 Å². The molecule has 1 aromatic rings. The molecule has 0 heterocycles. The predicted octanol–water partition coefficient (Wildman–Crippen LogP) is 1.44. The topological polar surface area (TPSA) is 46.2 Å². The van der Waals surface area contributed by atoms with Crippen molar-refractivity contribution in [3.05, 3.63) is 35.6 Å². The Morgan fingerprint density at radius 2 is 1.93 bits per heavy atom. The Morgan fingerprint density at radius 3 is 2.43 bits per heavy atom. The third kappa shape index (κ3) is 2.10. The van der Waals surface area contributed by atoms with Crippen molar-refractivity contribution in [1.29, 1.82) is 0 Å². The first kappa shape index (κ1) is 11.1. The number of hydrogen-bond acceptors (Lipinski definition) is 2. The summed E-state index contributed by atoms with van der Waals surface area (Å²) in [6, 6.07) is 5.85. The molecular formula is C9H12FNO2S. The summed E-state index contributed by atoms with van der Waals surface area (Å²) < 4.78 is 38.1. The van der Waals surface area contributed by atoms with Gasteiger partial charge in [-0.1, -0.05) is 18.2 Å². The normalized spacial score (nSPS) is 13.9. The molecule has 14 heavy (non-hydrogen) atoms. The average Bonchev–Trinajstić information content (AvgIpc) is 2.17. The minimum Gasteiger partial charge on any atom is -0.218 e. The zero-order chi connectivity index (χ0) is 10.8. The van der Waals surface area contributed by atoms with Crippen LogP contribution in [0.3, 0.4) is 0 Å². The average molecular weight is 217 g/mol. The van der Waals surface area contributed by atoms with Gasteiger partial charge in [0.05, 0.1) is 0 Å². The monoisotopic (exact) mass is 217 g/mol. The molecule has 0 saturated heterocycles. The van der Waals surface area contributed by atoms with Crippen LogP contribution in [-0.4, -0.2) is 15.5 Å². The number of nitrogens with one attached hydrogen (secondary N) is 1. The van der Waals surface area contributed by atoms with E-state index in [0.29, 0.717) is 0 Å². The second-order valence-electron chi connectivity index (χ2n) is 2.91. The number of benzene rings is 1. The third-order valence-corrected chi connectivity index (χ3v) is 3.85. The fraction of sp³-hybridized carbons (Fsp3) is 0.333. The van der Waals surface area contributed by atoms with Crippen LogP contribution in [0.5, 0.6) is 0 Å². The lowest BCUT2D eigenvalue weighted by molar-refractivity contribution is 0.567. The molecule has 1 rings (SSSR count). The highest BCUT2D eigenvalue weighted by Crippen LogP contribution is 2.22. The number of hydrogen-bond donors (Lipinski definition) is 1. The molecule has 0 aromatic heterocycles. The lowest BCUT2D eigenvalue weighted by atomic mass is 10.1. The van der Waals surface area contributed by atoms with Crippen LogP contribution in [0.25, 0.3) is 0 Å². The molecule has 3 nitrogen and oxygen atoms in total. The van der Waals surface area contributed by atoms with Crippen LogP contribution in [-0.2, 0) is 10.0 Å². The highest BCUT2D eigenvalue weighted by atomic mass is 32.2. The van der Waals surface area contributed by atoms with Gasteiger partial charge in [0, 0.05) is 5.56 Å². The van der Waals surface area contributed by atoms with E-state index in [2.05, 4.69) is 4.72 Å². The Morgan fingerprint density at radius 1 is 1.36 bits per heavy atom. The van der Waals surface area contributed by atoms with Crippen molar-refractivity contribution in [1.82, 2.24) is 4.72 Å². The van der Waals surface area contributed by atoms with E-state index < -0.39 is 21.1 Å². The van der Waals surface area contributed by atoms with Gasteiger partial charge in [0.25, 0.3) is 0 Å². The Kier molecular flexibility index (Phi) is 3.23. The lowest BCUT2D eigenvalue weighted by Crippen LogP contribution is -2.24. The van der Waals surface area contributed by atoms with Crippen molar-refractivity contribution in [3.63, 3.8) is 0 Å². The molecule has 0 aliphatic heterocycles. The van der Waals surface area contributed by atoms with E-state index in [1.165, 1.54) is 32.2 Å². The van der Waals surface area contributed by atoms with Gasteiger partial charge < -0.3 is 0 Å². The van der Waals surface area contributed by atoms with Gasteiger partial charge in [0.2, 0.25) is 10.0 Å². The van der Waals surface area contributed by atoms with E-state index in [9.17, 15) is 12.8 Å². The summed E-state index contributed by atoms with van der Waals surface area (Å²) in [7, 11) is -2.15. The second kappa shape index (κ2) is 4.06. The first-order valence-electron chi connectivity index (χ1n) is 4.16. The van der Waals surface area contributed by atoms with Gasteiger partial charge in [-0.2, -0.15) is 0 Å². The van der Waals surface area contributed by atoms with Crippen LogP contribution in [0.2, 0.25) is 0 Å². The summed E-state index contributed by atoms with van der Waals surface area (Å²) >= 11 is 0. The van der Waals surface area contributed by atoms with Crippen molar-refractivity contribution < 1.29 is 12.8 Å². The molecule has 0 radical (unpaired) electrons. The van der Waals surface area contributed by atoms with Gasteiger partial charge >= 0.3 is 0 Å². The maximum Gasteiger partial charge on any atom is 0.218 e. The van der Waals surface area contributed by atoms with Gasteiger partial charge in [0.15, 0.2) is 0 Å². The van der Waals surface area contributed by atoms with Gasteiger partial charge in [-0.15, -0.1) is 0 Å². The molecule has 78 valence electrons. The molecule has 0 aliphatic carbocycles. The molecule has 0 fully saturated rings. The number of sulfonamides is 1. The fourth-order valence-electron chi connectivity index (χ4n) is 1.15. The van der Waals surface area contributed by atoms with Crippen molar-refractivity contribution in [2.24, 2.45) is 0 Å². The molecule has 1 unspecified atom stereocenters. The van der Waals surface area contributed by atoms with Crippen LogP contribution in [0, 0.1) is 5.82 Å². The second-order valence-corrected chi connectivity index (χ2v) is 5.12. The van der Waals surface area contributed by atoms with E-state index >= 15 is 0 Å². The van der Waals surface area contributed by atoms with E-state index in [1.807, 2.05) is 0 Å². The van der Waals surface area contributed by atoms with Crippen molar-refractivity contribution >= 4 is 10.0 Å². The Labute approximate surface area is 83.0 Å². The Bertz CT molecular complexity index is 417. The molecular weight excluding hydrogens is 205 g/mol. The first-order valence-corrected chi connectivity index (χ1v) is 5.70. The Hall–Kier alpha value is -0.940. The van der Waals surface area contributed by atoms with Crippen LogP contribution in [0.4, 0.5) is 4.39 Å². The van der Waals surface area contributed by atoms with Gasteiger partial charge in [-0.25, -0.2) is 17.5 Å². The van der Waals surface area contributed by atoms with E-state index in [0.717, 1.165) is 0 Å². The third-order valence-electron chi connectivity index (χ3n) is 2.09. The summed E-state index contributed by atoms with van der Waals surface area (Å²) in [6.45, 7) is 1.45. The van der Waals surface area contributed by atoms with E-state index in [1.54, 1.807) is 6.07 Å². The maximum absolute atomic E-state index is 13.2. The Balaban J connectivity index is 3.14. The smallest absolute Gasteiger partial charge is 0.218 e. The van der Waals surface area contributed by atoms with Crippen LogP contribution in [0.15, 0.2) is 24.3 Å². The van der Waals surface area contributed by atoms with E-state index in [4.69, 9.17) is 0 Å². The highest BCUT2D eigenvalue weighted by Gasteiger charge is 2.22. The summed E-state index contributed by atoms with van der Waals surface area (Å²) in [5.41, 5.74) is 0.182.